The summed E-state index contributed by atoms with van der Waals surface area (Å²) < 4.78 is 10.0. The van der Waals surface area contributed by atoms with Gasteiger partial charge in [0, 0.05) is 39.2 Å². The molecule has 0 saturated carbocycles. The summed E-state index contributed by atoms with van der Waals surface area (Å²) in [6.07, 6.45) is 1.15. The molecule has 86 valence electrons. The van der Waals surface area contributed by atoms with Crippen LogP contribution in [0.5, 0.6) is 0 Å². The van der Waals surface area contributed by atoms with Crippen LogP contribution in [0.4, 0.5) is 0 Å². The Hall–Kier alpha value is 0.230. The third kappa shape index (κ3) is 10.3. The minimum absolute atomic E-state index is 0.458. The molecule has 0 aliphatic rings. The van der Waals surface area contributed by atoms with Gasteiger partial charge in [0.2, 0.25) is 0 Å². The molecule has 0 fully saturated rings. The zero-order chi connectivity index (χ0) is 10.6. The molecular weight excluding hydrogens is 198 g/mol. The second-order valence-corrected chi connectivity index (χ2v) is 4.49. The molecule has 0 aromatic carbocycles. The quantitative estimate of drug-likeness (QED) is 0.565. The van der Waals surface area contributed by atoms with Crippen molar-refractivity contribution in [3.05, 3.63) is 0 Å². The highest BCUT2D eigenvalue weighted by atomic mass is 32.2. The van der Waals surface area contributed by atoms with Gasteiger partial charge in [0.15, 0.2) is 0 Å². The highest BCUT2D eigenvalue weighted by Crippen LogP contribution is 2.01. The van der Waals surface area contributed by atoms with E-state index in [1.54, 1.807) is 14.2 Å². The Bertz CT molecular complexity index is 114. The molecule has 14 heavy (non-hydrogen) atoms. The number of methoxy groups -OCH3 is 2. The van der Waals surface area contributed by atoms with Crippen molar-refractivity contribution in [3.8, 4) is 0 Å². The molecule has 0 heterocycles. The van der Waals surface area contributed by atoms with Crippen LogP contribution in [-0.4, -0.2) is 51.5 Å². The van der Waals surface area contributed by atoms with Crippen LogP contribution in [0.2, 0.25) is 0 Å². The molecule has 0 saturated heterocycles. The molecule has 0 aromatic heterocycles. The third-order valence-corrected chi connectivity index (χ3v) is 2.86. The van der Waals surface area contributed by atoms with Crippen molar-refractivity contribution in [1.82, 2.24) is 5.32 Å². The largest absolute Gasteiger partial charge is 0.385 e. The van der Waals surface area contributed by atoms with E-state index in [0.717, 1.165) is 31.9 Å². The van der Waals surface area contributed by atoms with Gasteiger partial charge in [-0.2, -0.15) is 11.8 Å². The average molecular weight is 221 g/mol. The molecule has 0 radical (unpaired) electrons. The van der Waals surface area contributed by atoms with Gasteiger partial charge in [-0.25, -0.2) is 0 Å². The van der Waals surface area contributed by atoms with Gasteiger partial charge in [-0.1, -0.05) is 0 Å². The van der Waals surface area contributed by atoms with Gasteiger partial charge >= 0.3 is 0 Å². The maximum absolute atomic E-state index is 5.03. The molecule has 1 unspecified atom stereocenters. The number of hydrogen-bond donors (Lipinski definition) is 1. The Morgan fingerprint density at radius 2 is 2.00 bits per heavy atom. The van der Waals surface area contributed by atoms with E-state index in [4.69, 9.17) is 9.47 Å². The van der Waals surface area contributed by atoms with Crippen molar-refractivity contribution >= 4 is 11.8 Å². The second kappa shape index (κ2) is 11.3. The van der Waals surface area contributed by atoms with E-state index >= 15 is 0 Å². The predicted molar refractivity (Wildman–Crippen MR) is 63.2 cm³/mol. The highest BCUT2D eigenvalue weighted by Gasteiger charge is 1.98. The summed E-state index contributed by atoms with van der Waals surface area (Å²) in [5, 5.41) is 3.40. The number of rotatable bonds is 10. The van der Waals surface area contributed by atoms with E-state index in [1.807, 2.05) is 11.8 Å². The first-order valence-electron chi connectivity index (χ1n) is 5.10. The molecule has 0 rings (SSSR count). The van der Waals surface area contributed by atoms with Crippen molar-refractivity contribution in [2.45, 2.75) is 19.4 Å². The van der Waals surface area contributed by atoms with Crippen LogP contribution in [0.25, 0.3) is 0 Å². The van der Waals surface area contributed by atoms with E-state index < -0.39 is 0 Å². The summed E-state index contributed by atoms with van der Waals surface area (Å²) >= 11 is 1.97. The summed E-state index contributed by atoms with van der Waals surface area (Å²) in [5.74, 6) is 2.35. The predicted octanol–water partition coefficient (Wildman–Crippen LogP) is 1.38. The monoisotopic (exact) mass is 221 g/mol. The lowest BCUT2D eigenvalue weighted by Crippen LogP contribution is -2.31. The van der Waals surface area contributed by atoms with Gasteiger partial charge in [0.05, 0.1) is 6.61 Å². The molecule has 0 aliphatic carbocycles. The van der Waals surface area contributed by atoms with Crippen LogP contribution < -0.4 is 5.32 Å². The van der Waals surface area contributed by atoms with Gasteiger partial charge in [-0.3, -0.25) is 0 Å². The standard InChI is InChI=1S/C10H23NO2S/c1-10(9-13-3)11-5-8-14-7-4-6-12-2/h10-11H,4-9H2,1-3H3. The van der Waals surface area contributed by atoms with Crippen molar-refractivity contribution < 1.29 is 9.47 Å². The molecule has 4 heteroatoms. The lowest BCUT2D eigenvalue weighted by molar-refractivity contribution is 0.173. The molecule has 0 aliphatic heterocycles. The summed E-state index contributed by atoms with van der Waals surface area (Å²) in [6.45, 7) is 4.86. The molecule has 0 amide bonds. The summed E-state index contributed by atoms with van der Waals surface area (Å²) in [4.78, 5) is 0. The Morgan fingerprint density at radius 3 is 2.64 bits per heavy atom. The summed E-state index contributed by atoms with van der Waals surface area (Å²) in [5.41, 5.74) is 0. The molecule has 1 N–H and O–H groups in total. The number of ether oxygens (including phenoxy) is 2. The SMILES string of the molecule is COCCCSCCNC(C)COC. The maximum atomic E-state index is 5.03. The van der Waals surface area contributed by atoms with Crippen LogP contribution in [0.3, 0.4) is 0 Å². The Labute approximate surface area is 91.9 Å². The van der Waals surface area contributed by atoms with Gasteiger partial charge in [-0.15, -0.1) is 0 Å². The van der Waals surface area contributed by atoms with Gasteiger partial charge in [0.1, 0.15) is 0 Å². The molecule has 0 aromatic rings. The van der Waals surface area contributed by atoms with Crippen LogP contribution in [-0.2, 0) is 9.47 Å². The molecule has 0 spiro atoms. The molecule has 0 bridgehead atoms. The second-order valence-electron chi connectivity index (χ2n) is 3.27. The van der Waals surface area contributed by atoms with E-state index in [1.165, 1.54) is 5.75 Å². The highest BCUT2D eigenvalue weighted by molar-refractivity contribution is 7.99. The van der Waals surface area contributed by atoms with Crippen molar-refractivity contribution in [2.24, 2.45) is 0 Å². The Morgan fingerprint density at radius 1 is 1.21 bits per heavy atom. The van der Waals surface area contributed by atoms with Gasteiger partial charge in [0.25, 0.3) is 0 Å². The minimum Gasteiger partial charge on any atom is -0.385 e. The minimum atomic E-state index is 0.458. The first-order valence-corrected chi connectivity index (χ1v) is 6.25. The van der Waals surface area contributed by atoms with E-state index in [2.05, 4.69) is 12.2 Å². The Balaban J connectivity index is 2.98. The Kier molecular flexibility index (Phi) is 11.5. The zero-order valence-corrected chi connectivity index (χ0v) is 10.4. The number of nitrogens with one attached hydrogen (secondary N) is 1. The normalized spacial score (nSPS) is 13.1. The van der Waals surface area contributed by atoms with E-state index in [-0.39, 0.29) is 0 Å². The smallest absolute Gasteiger partial charge is 0.0613 e. The lowest BCUT2D eigenvalue weighted by Gasteiger charge is -2.11. The number of hydrogen-bond acceptors (Lipinski definition) is 4. The molecule has 1 atom stereocenters. The summed E-state index contributed by atoms with van der Waals surface area (Å²) in [6, 6.07) is 0.458. The van der Waals surface area contributed by atoms with E-state index in [0.29, 0.717) is 6.04 Å². The van der Waals surface area contributed by atoms with Crippen LogP contribution in [0.1, 0.15) is 13.3 Å². The van der Waals surface area contributed by atoms with Crippen molar-refractivity contribution in [2.75, 3.05) is 45.5 Å². The van der Waals surface area contributed by atoms with Crippen LogP contribution in [0, 0.1) is 0 Å². The van der Waals surface area contributed by atoms with Crippen LogP contribution >= 0.6 is 11.8 Å². The molecular formula is C10H23NO2S. The fourth-order valence-corrected chi connectivity index (χ4v) is 1.88. The maximum Gasteiger partial charge on any atom is 0.0613 e. The average Bonchev–Trinajstić information content (AvgIpc) is 2.17. The lowest BCUT2D eigenvalue weighted by atomic mass is 10.4. The summed E-state index contributed by atoms with van der Waals surface area (Å²) in [7, 11) is 3.48. The van der Waals surface area contributed by atoms with Gasteiger partial charge < -0.3 is 14.8 Å². The fraction of sp³-hybridized carbons (Fsp3) is 1.00. The first-order chi connectivity index (χ1) is 6.81. The topological polar surface area (TPSA) is 30.5 Å². The van der Waals surface area contributed by atoms with Crippen LogP contribution in [0.15, 0.2) is 0 Å². The zero-order valence-electron chi connectivity index (χ0n) is 9.54. The molecule has 3 nitrogen and oxygen atoms in total. The number of thioether (sulfide) groups is 1. The van der Waals surface area contributed by atoms with E-state index in [9.17, 15) is 0 Å². The fourth-order valence-electron chi connectivity index (χ4n) is 1.09. The van der Waals surface area contributed by atoms with Crippen molar-refractivity contribution in [1.29, 1.82) is 0 Å². The first kappa shape index (κ1) is 14.2. The third-order valence-electron chi connectivity index (χ3n) is 1.79. The van der Waals surface area contributed by atoms with Crippen molar-refractivity contribution in [3.63, 3.8) is 0 Å². The van der Waals surface area contributed by atoms with Gasteiger partial charge in [-0.05, 0) is 19.1 Å².